The first kappa shape index (κ1) is 16.5. The van der Waals surface area contributed by atoms with E-state index < -0.39 is 10.0 Å². The molecule has 5 nitrogen and oxygen atoms in total. The average molecular weight is 359 g/mol. The molecular formula is C17H17N3O2S2. The minimum Gasteiger partial charge on any atom is -0.377 e. The lowest BCUT2D eigenvalue weighted by atomic mass is 10.1. The summed E-state index contributed by atoms with van der Waals surface area (Å²) in [4.78, 5) is 4.17. The molecule has 0 amide bonds. The monoisotopic (exact) mass is 359 g/mol. The summed E-state index contributed by atoms with van der Waals surface area (Å²) in [6, 6.07) is 16.9. The SMILES string of the molecule is CC(Nc1ccc(NS(=O)(=O)c2cccs2)nc1)c1ccccc1. The predicted octanol–water partition coefficient (Wildman–Crippen LogP) is 4.12. The Morgan fingerprint density at radius 1 is 1.04 bits per heavy atom. The summed E-state index contributed by atoms with van der Waals surface area (Å²) in [5, 5.41) is 5.06. The van der Waals surface area contributed by atoms with Gasteiger partial charge in [0, 0.05) is 6.04 Å². The third-order valence-corrected chi connectivity index (χ3v) is 6.20. The van der Waals surface area contributed by atoms with Crippen LogP contribution in [-0.4, -0.2) is 13.4 Å². The molecule has 24 heavy (non-hydrogen) atoms. The maximum atomic E-state index is 12.2. The fourth-order valence-corrected chi connectivity index (χ4v) is 4.22. The number of nitrogens with zero attached hydrogens (tertiary/aromatic N) is 1. The van der Waals surface area contributed by atoms with E-state index >= 15 is 0 Å². The topological polar surface area (TPSA) is 71.1 Å². The van der Waals surface area contributed by atoms with E-state index in [9.17, 15) is 8.42 Å². The number of nitrogens with one attached hydrogen (secondary N) is 2. The molecule has 0 saturated heterocycles. The van der Waals surface area contributed by atoms with Crippen molar-refractivity contribution in [2.45, 2.75) is 17.2 Å². The molecule has 1 unspecified atom stereocenters. The highest BCUT2D eigenvalue weighted by atomic mass is 32.2. The zero-order valence-corrected chi connectivity index (χ0v) is 14.6. The van der Waals surface area contributed by atoms with E-state index in [1.165, 1.54) is 16.9 Å². The Morgan fingerprint density at radius 2 is 1.83 bits per heavy atom. The first-order valence-corrected chi connectivity index (χ1v) is 9.75. The van der Waals surface area contributed by atoms with Gasteiger partial charge in [-0.15, -0.1) is 11.3 Å². The van der Waals surface area contributed by atoms with Gasteiger partial charge in [-0.3, -0.25) is 4.72 Å². The summed E-state index contributed by atoms with van der Waals surface area (Å²) < 4.78 is 27.1. The van der Waals surface area contributed by atoms with E-state index in [4.69, 9.17) is 0 Å². The zero-order chi connectivity index (χ0) is 17.0. The number of thiophene rings is 1. The lowest BCUT2D eigenvalue weighted by Gasteiger charge is -2.15. The van der Waals surface area contributed by atoms with E-state index in [0.717, 1.165) is 5.69 Å². The molecule has 0 aliphatic rings. The van der Waals surface area contributed by atoms with Gasteiger partial charge in [-0.05, 0) is 36.1 Å². The van der Waals surface area contributed by atoms with Gasteiger partial charge in [0.1, 0.15) is 10.0 Å². The van der Waals surface area contributed by atoms with E-state index in [0.29, 0.717) is 5.82 Å². The number of anilines is 2. The molecule has 0 aliphatic carbocycles. The van der Waals surface area contributed by atoms with E-state index in [2.05, 4.69) is 34.1 Å². The number of hydrogen-bond donors (Lipinski definition) is 2. The number of sulfonamides is 1. The second kappa shape index (κ2) is 7.02. The van der Waals surface area contributed by atoms with Gasteiger partial charge < -0.3 is 5.32 Å². The van der Waals surface area contributed by atoms with Crippen molar-refractivity contribution in [1.82, 2.24) is 4.98 Å². The van der Waals surface area contributed by atoms with E-state index in [1.807, 2.05) is 18.2 Å². The molecule has 2 N–H and O–H groups in total. The van der Waals surface area contributed by atoms with E-state index in [-0.39, 0.29) is 10.3 Å². The summed E-state index contributed by atoms with van der Waals surface area (Å²) in [6.07, 6.45) is 1.62. The molecule has 3 rings (SSSR count). The van der Waals surface area contributed by atoms with Crippen molar-refractivity contribution in [2.75, 3.05) is 10.0 Å². The van der Waals surface area contributed by atoms with Gasteiger partial charge in [0.05, 0.1) is 11.9 Å². The van der Waals surface area contributed by atoms with Crippen molar-refractivity contribution in [1.29, 1.82) is 0 Å². The largest absolute Gasteiger partial charge is 0.377 e. The van der Waals surface area contributed by atoms with Crippen LogP contribution in [0.25, 0.3) is 0 Å². The second-order valence-corrected chi connectivity index (χ2v) is 8.10. The highest BCUT2D eigenvalue weighted by molar-refractivity contribution is 7.94. The Kier molecular flexibility index (Phi) is 4.82. The fourth-order valence-electron chi connectivity index (χ4n) is 2.22. The molecule has 124 valence electrons. The fraction of sp³-hybridized carbons (Fsp3) is 0.118. The molecule has 0 fully saturated rings. The maximum Gasteiger partial charge on any atom is 0.272 e. The van der Waals surface area contributed by atoms with Crippen LogP contribution in [0.1, 0.15) is 18.5 Å². The lowest BCUT2D eigenvalue weighted by molar-refractivity contribution is 0.603. The van der Waals surface area contributed by atoms with Crippen LogP contribution in [0.15, 0.2) is 70.4 Å². The first-order valence-electron chi connectivity index (χ1n) is 7.38. The second-order valence-electron chi connectivity index (χ2n) is 5.25. The molecular weight excluding hydrogens is 342 g/mol. The van der Waals surface area contributed by atoms with Crippen molar-refractivity contribution < 1.29 is 8.42 Å². The van der Waals surface area contributed by atoms with Crippen molar-refractivity contribution in [2.24, 2.45) is 0 Å². The van der Waals surface area contributed by atoms with Gasteiger partial charge in [0.25, 0.3) is 10.0 Å². The van der Waals surface area contributed by atoms with Gasteiger partial charge in [-0.2, -0.15) is 0 Å². The average Bonchev–Trinajstić information content (AvgIpc) is 3.13. The molecule has 1 atom stereocenters. The van der Waals surface area contributed by atoms with Crippen LogP contribution in [0.4, 0.5) is 11.5 Å². The van der Waals surface area contributed by atoms with Crippen molar-refractivity contribution >= 4 is 32.9 Å². The normalized spacial score (nSPS) is 12.5. The molecule has 0 saturated carbocycles. The Hall–Kier alpha value is -2.38. The van der Waals surface area contributed by atoms with Gasteiger partial charge in [-0.1, -0.05) is 36.4 Å². The standard InChI is InChI=1S/C17H17N3O2S2/c1-13(14-6-3-2-4-7-14)19-15-9-10-16(18-12-15)20-24(21,22)17-8-5-11-23-17/h2-13,19H,1H3,(H,18,20). The number of aromatic nitrogens is 1. The predicted molar refractivity (Wildman–Crippen MR) is 97.8 cm³/mol. The number of pyridine rings is 1. The molecule has 2 aromatic heterocycles. The molecule has 3 aromatic rings. The van der Waals surface area contributed by atoms with Crippen molar-refractivity contribution in [3.8, 4) is 0 Å². The Morgan fingerprint density at radius 3 is 2.46 bits per heavy atom. The van der Waals surface area contributed by atoms with Crippen LogP contribution >= 0.6 is 11.3 Å². The molecule has 0 spiro atoms. The Balaban J connectivity index is 1.68. The number of hydrogen-bond acceptors (Lipinski definition) is 5. The third kappa shape index (κ3) is 3.93. The van der Waals surface area contributed by atoms with Crippen molar-refractivity contribution in [3.63, 3.8) is 0 Å². The highest BCUT2D eigenvalue weighted by Crippen LogP contribution is 2.22. The summed E-state index contributed by atoms with van der Waals surface area (Å²) in [6.45, 7) is 2.06. The van der Waals surface area contributed by atoms with Crippen LogP contribution in [0.2, 0.25) is 0 Å². The molecule has 2 heterocycles. The molecule has 0 radical (unpaired) electrons. The lowest BCUT2D eigenvalue weighted by Crippen LogP contribution is -2.13. The minimum absolute atomic E-state index is 0.127. The maximum absolute atomic E-state index is 12.2. The minimum atomic E-state index is -3.56. The van der Waals surface area contributed by atoms with Gasteiger partial charge >= 0.3 is 0 Å². The van der Waals surface area contributed by atoms with Crippen LogP contribution in [-0.2, 0) is 10.0 Å². The smallest absolute Gasteiger partial charge is 0.272 e. The Labute approximate surface area is 145 Å². The molecule has 1 aromatic carbocycles. The van der Waals surface area contributed by atoms with Gasteiger partial charge in [0.2, 0.25) is 0 Å². The Bertz CT molecular complexity index is 877. The number of benzene rings is 1. The summed E-state index contributed by atoms with van der Waals surface area (Å²) >= 11 is 1.17. The molecule has 0 aliphatic heterocycles. The highest BCUT2D eigenvalue weighted by Gasteiger charge is 2.15. The number of rotatable bonds is 6. The third-order valence-electron chi connectivity index (χ3n) is 3.45. The summed E-state index contributed by atoms with van der Waals surface area (Å²) in [5.41, 5.74) is 1.99. The van der Waals surface area contributed by atoms with Crippen LogP contribution in [0.3, 0.4) is 0 Å². The summed E-state index contributed by atoms with van der Waals surface area (Å²) in [7, 11) is -3.56. The first-order chi connectivity index (χ1) is 11.5. The molecule has 7 heteroatoms. The van der Waals surface area contributed by atoms with Crippen LogP contribution in [0, 0.1) is 0 Å². The van der Waals surface area contributed by atoms with Gasteiger partial charge in [0.15, 0.2) is 0 Å². The van der Waals surface area contributed by atoms with Crippen molar-refractivity contribution in [3.05, 3.63) is 71.7 Å². The van der Waals surface area contributed by atoms with Gasteiger partial charge in [-0.25, -0.2) is 13.4 Å². The van der Waals surface area contributed by atoms with Crippen LogP contribution < -0.4 is 10.0 Å². The van der Waals surface area contributed by atoms with E-state index in [1.54, 1.807) is 35.8 Å². The summed E-state index contributed by atoms with van der Waals surface area (Å²) in [5.74, 6) is 0.293. The zero-order valence-electron chi connectivity index (χ0n) is 13.0. The quantitative estimate of drug-likeness (QED) is 0.694. The van der Waals surface area contributed by atoms with Crippen LogP contribution in [0.5, 0.6) is 0 Å². The molecule has 0 bridgehead atoms.